The molecule has 0 aliphatic carbocycles. The molecular weight excluding hydrogens is 296 g/mol. The second-order valence-electron chi connectivity index (χ2n) is 4.24. The number of hydrogen-bond donors (Lipinski definition) is 0. The lowest BCUT2D eigenvalue weighted by atomic mass is 10.2. The van der Waals surface area contributed by atoms with Gasteiger partial charge in [-0.2, -0.15) is 0 Å². The minimum Gasteiger partial charge on any atom is -0.486 e. The number of pyridine rings is 1. The van der Waals surface area contributed by atoms with Crippen molar-refractivity contribution in [2.45, 2.75) is 13.5 Å². The maximum absolute atomic E-state index is 11.0. The molecule has 21 heavy (non-hydrogen) atoms. The summed E-state index contributed by atoms with van der Waals surface area (Å²) in [4.78, 5) is 25.4. The van der Waals surface area contributed by atoms with Crippen LogP contribution in [0.2, 0.25) is 5.02 Å². The van der Waals surface area contributed by atoms with Crippen molar-refractivity contribution in [2.24, 2.45) is 0 Å². The zero-order chi connectivity index (χ0) is 15.4. The van der Waals surface area contributed by atoms with Crippen molar-refractivity contribution >= 4 is 23.6 Å². The van der Waals surface area contributed by atoms with Gasteiger partial charge in [0, 0.05) is 11.8 Å². The molecule has 0 spiro atoms. The molecule has 0 N–H and O–H groups in total. The van der Waals surface area contributed by atoms with E-state index in [1.54, 1.807) is 25.1 Å². The monoisotopic (exact) mass is 306 g/mol. The summed E-state index contributed by atoms with van der Waals surface area (Å²) in [7, 11) is 0. The van der Waals surface area contributed by atoms with E-state index in [0.29, 0.717) is 12.0 Å². The Morgan fingerprint density at radius 1 is 1.38 bits per heavy atom. The molecule has 0 radical (unpaired) electrons. The third-order valence-corrected chi connectivity index (χ3v) is 3.15. The fraction of sp³-hybridized carbons (Fsp3) is 0.143. The number of aromatic nitrogens is 1. The van der Waals surface area contributed by atoms with Crippen LogP contribution in [-0.2, 0) is 6.61 Å². The number of benzene rings is 1. The normalized spacial score (nSPS) is 10.2. The van der Waals surface area contributed by atoms with Gasteiger partial charge in [0.25, 0.3) is 5.69 Å². The molecule has 6 nitrogen and oxygen atoms in total. The average Bonchev–Trinajstić information content (AvgIpc) is 2.46. The molecule has 0 bridgehead atoms. The highest BCUT2D eigenvalue weighted by Gasteiger charge is 2.17. The van der Waals surface area contributed by atoms with Crippen molar-refractivity contribution in [1.29, 1.82) is 0 Å². The van der Waals surface area contributed by atoms with Crippen LogP contribution in [0, 0.1) is 17.0 Å². The summed E-state index contributed by atoms with van der Waals surface area (Å²) in [6, 6.07) is 7.66. The first-order valence-electron chi connectivity index (χ1n) is 6.00. The molecule has 0 fully saturated rings. The number of carbonyl (C=O) groups is 1. The molecule has 0 aliphatic rings. The van der Waals surface area contributed by atoms with Crippen LogP contribution in [0.3, 0.4) is 0 Å². The van der Waals surface area contributed by atoms with Crippen LogP contribution >= 0.6 is 11.6 Å². The highest BCUT2D eigenvalue weighted by atomic mass is 35.5. The Morgan fingerprint density at radius 2 is 2.14 bits per heavy atom. The number of nitro benzene ring substituents is 1. The first-order valence-corrected chi connectivity index (χ1v) is 6.38. The third-order valence-electron chi connectivity index (χ3n) is 2.80. The summed E-state index contributed by atoms with van der Waals surface area (Å²) in [5.41, 5.74) is 0.940. The standard InChI is InChI=1S/C14H11ClN2O4/c1-9-5-6-14(12(7-18)16-9)21-8-10-11(15)3-2-4-13(10)17(19)20/h2-7H,8H2,1H3. The molecule has 7 heteroatoms. The Kier molecular flexibility index (Phi) is 4.49. The lowest BCUT2D eigenvalue weighted by molar-refractivity contribution is -0.385. The van der Waals surface area contributed by atoms with E-state index in [1.165, 1.54) is 12.1 Å². The quantitative estimate of drug-likeness (QED) is 0.480. The number of nitro groups is 1. The Labute approximate surface area is 125 Å². The zero-order valence-corrected chi connectivity index (χ0v) is 11.8. The summed E-state index contributed by atoms with van der Waals surface area (Å²) >= 11 is 5.97. The Morgan fingerprint density at radius 3 is 2.81 bits per heavy atom. The van der Waals surface area contributed by atoms with Crippen molar-refractivity contribution in [2.75, 3.05) is 0 Å². The Bertz CT molecular complexity index is 703. The van der Waals surface area contributed by atoms with Crippen molar-refractivity contribution in [3.63, 3.8) is 0 Å². The van der Waals surface area contributed by atoms with Crippen LogP contribution in [0.4, 0.5) is 5.69 Å². The number of halogens is 1. The first-order chi connectivity index (χ1) is 10.0. The molecule has 2 rings (SSSR count). The first kappa shape index (κ1) is 14.9. The van der Waals surface area contributed by atoms with Crippen LogP contribution < -0.4 is 4.74 Å². The number of aryl methyl sites for hydroxylation is 1. The zero-order valence-electron chi connectivity index (χ0n) is 11.1. The average molecular weight is 307 g/mol. The molecule has 0 saturated heterocycles. The van der Waals surface area contributed by atoms with Crippen LogP contribution in [0.15, 0.2) is 30.3 Å². The predicted octanol–water partition coefficient (Wildman–Crippen LogP) is 3.34. The topological polar surface area (TPSA) is 82.3 Å². The van der Waals surface area contributed by atoms with Crippen LogP contribution in [0.5, 0.6) is 5.75 Å². The predicted molar refractivity (Wildman–Crippen MR) is 76.8 cm³/mol. The summed E-state index contributed by atoms with van der Waals surface area (Å²) < 4.78 is 5.46. The van der Waals surface area contributed by atoms with E-state index < -0.39 is 4.92 Å². The van der Waals surface area contributed by atoms with Gasteiger partial charge in [0.15, 0.2) is 6.29 Å². The van der Waals surface area contributed by atoms with Gasteiger partial charge in [0.1, 0.15) is 18.1 Å². The summed E-state index contributed by atoms with van der Waals surface area (Å²) in [6.07, 6.45) is 0.573. The lowest BCUT2D eigenvalue weighted by Crippen LogP contribution is -2.04. The van der Waals surface area contributed by atoms with Gasteiger partial charge in [0.05, 0.1) is 15.5 Å². The van der Waals surface area contributed by atoms with Crippen molar-refractivity contribution in [1.82, 2.24) is 4.98 Å². The van der Waals surface area contributed by atoms with E-state index in [2.05, 4.69) is 4.98 Å². The minimum atomic E-state index is -0.529. The van der Waals surface area contributed by atoms with Crippen molar-refractivity contribution < 1.29 is 14.5 Å². The van der Waals surface area contributed by atoms with Crippen LogP contribution in [0.1, 0.15) is 21.7 Å². The molecule has 1 aromatic carbocycles. The molecule has 108 valence electrons. The molecule has 0 amide bonds. The fourth-order valence-corrected chi connectivity index (χ4v) is 2.01. The van der Waals surface area contributed by atoms with Crippen LogP contribution in [0.25, 0.3) is 0 Å². The second kappa shape index (κ2) is 6.32. The van der Waals surface area contributed by atoms with Gasteiger partial charge in [-0.3, -0.25) is 14.9 Å². The number of aldehydes is 1. The van der Waals surface area contributed by atoms with Gasteiger partial charge in [-0.25, -0.2) is 4.98 Å². The highest BCUT2D eigenvalue weighted by molar-refractivity contribution is 6.31. The van der Waals surface area contributed by atoms with Gasteiger partial charge in [-0.1, -0.05) is 17.7 Å². The van der Waals surface area contributed by atoms with E-state index in [-0.39, 0.29) is 34.3 Å². The molecule has 0 unspecified atom stereocenters. The Hall–Kier alpha value is -2.47. The maximum atomic E-state index is 11.0. The van der Waals surface area contributed by atoms with E-state index >= 15 is 0 Å². The summed E-state index contributed by atoms with van der Waals surface area (Å²) in [6.45, 7) is 1.62. The van der Waals surface area contributed by atoms with Crippen molar-refractivity contribution in [3.05, 3.63) is 62.4 Å². The second-order valence-corrected chi connectivity index (χ2v) is 4.64. The lowest BCUT2D eigenvalue weighted by Gasteiger charge is -2.10. The number of rotatable bonds is 5. The summed E-state index contributed by atoms with van der Waals surface area (Å²) in [5, 5.41) is 11.2. The molecule has 0 atom stereocenters. The van der Waals surface area contributed by atoms with E-state index in [0.717, 1.165) is 0 Å². The largest absolute Gasteiger partial charge is 0.486 e. The SMILES string of the molecule is Cc1ccc(OCc2c(Cl)cccc2[N+](=O)[O-])c(C=O)n1. The minimum absolute atomic E-state index is 0.123. The number of nitrogens with zero attached hydrogens (tertiary/aromatic N) is 2. The van der Waals surface area contributed by atoms with Crippen molar-refractivity contribution in [3.8, 4) is 5.75 Å². The summed E-state index contributed by atoms with van der Waals surface area (Å²) in [5.74, 6) is 0.254. The van der Waals surface area contributed by atoms with Crippen LogP contribution in [-0.4, -0.2) is 16.2 Å². The molecule has 1 heterocycles. The number of ether oxygens (including phenoxy) is 1. The van der Waals surface area contributed by atoms with Gasteiger partial charge in [-0.15, -0.1) is 0 Å². The van der Waals surface area contributed by atoms with E-state index in [9.17, 15) is 14.9 Å². The molecular formula is C14H11ClN2O4. The number of hydrogen-bond acceptors (Lipinski definition) is 5. The van der Waals surface area contributed by atoms with Gasteiger partial charge in [-0.05, 0) is 25.1 Å². The molecule has 0 aliphatic heterocycles. The fourth-order valence-electron chi connectivity index (χ4n) is 1.78. The maximum Gasteiger partial charge on any atom is 0.277 e. The molecule has 2 aromatic rings. The van der Waals surface area contributed by atoms with E-state index in [4.69, 9.17) is 16.3 Å². The van der Waals surface area contributed by atoms with E-state index in [1.807, 2.05) is 0 Å². The number of carbonyl (C=O) groups excluding carboxylic acids is 1. The highest BCUT2D eigenvalue weighted by Crippen LogP contribution is 2.28. The molecule has 0 saturated carbocycles. The van der Waals surface area contributed by atoms with Gasteiger partial charge >= 0.3 is 0 Å². The third kappa shape index (κ3) is 3.35. The smallest absolute Gasteiger partial charge is 0.277 e. The van der Waals surface area contributed by atoms with Gasteiger partial charge < -0.3 is 4.74 Å². The Balaban J connectivity index is 2.29. The molecule has 1 aromatic heterocycles. The van der Waals surface area contributed by atoms with Gasteiger partial charge in [0.2, 0.25) is 0 Å².